The van der Waals surface area contributed by atoms with E-state index >= 15 is 0 Å². The van der Waals surface area contributed by atoms with Crippen LogP contribution in [0.1, 0.15) is 0 Å². The molecule has 1 heterocycles. The first-order valence-corrected chi connectivity index (χ1v) is 2.70. The smallest absolute Gasteiger partial charge is 0.313 e. The van der Waals surface area contributed by atoms with E-state index in [4.69, 9.17) is 5.84 Å². The number of amides is 3. The Bertz CT molecular complexity index is 178. The predicted molar refractivity (Wildman–Crippen MR) is 32.4 cm³/mol. The van der Waals surface area contributed by atoms with Crippen LogP contribution in [0, 0.1) is 0 Å². The van der Waals surface area contributed by atoms with Gasteiger partial charge in [-0.15, -0.1) is 0 Å². The van der Waals surface area contributed by atoms with Crippen LogP contribution in [-0.4, -0.2) is 30.2 Å². The Balaban J connectivity index is 2.63. The molecule has 0 aliphatic carbocycles. The van der Waals surface area contributed by atoms with Crippen molar-refractivity contribution in [1.29, 1.82) is 0 Å². The number of nitrogens with one attached hydrogen (secondary N) is 2. The maximum absolute atomic E-state index is 10.7. The minimum Gasteiger partial charge on any atom is -0.313 e. The number of hydrazine groups is 1. The lowest BCUT2D eigenvalue weighted by Gasteiger charge is -2.14. The van der Waals surface area contributed by atoms with Gasteiger partial charge in [0.15, 0.2) is 6.17 Å². The highest BCUT2D eigenvalue weighted by atomic mass is 16.2. The third-order valence-electron chi connectivity index (χ3n) is 1.16. The number of carbonyl (C=O) groups excluding carboxylic acids is 2. The molecule has 0 aromatic carbocycles. The topological polar surface area (TPSA) is 87.5 Å². The fourth-order valence-electron chi connectivity index (χ4n) is 0.693. The normalized spacial score (nSPS) is 24.9. The van der Waals surface area contributed by atoms with Crippen molar-refractivity contribution in [3.63, 3.8) is 0 Å². The summed E-state index contributed by atoms with van der Waals surface area (Å²) in [5, 5.41) is 5.47. The van der Waals surface area contributed by atoms with E-state index in [0.29, 0.717) is 0 Å². The van der Waals surface area contributed by atoms with Crippen LogP contribution in [-0.2, 0) is 4.79 Å². The second-order valence-corrected chi connectivity index (χ2v) is 2.03. The second kappa shape index (κ2) is 2.24. The zero-order valence-electron chi connectivity index (χ0n) is 5.42. The minimum absolute atomic E-state index is 0.421. The molecular weight excluding hydrogens is 136 g/mol. The van der Waals surface area contributed by atoms with Gasteiger partial charge in [-0.1, -0.05) is 0 Å². The lowest BCUT2D eigenvalue weighted by molar-refractivity contribution is -0.123. The van der Waals surface area contributed by atoms with Crippen molar-refractivity contribution in [2.45, 2.75) is 6.17 Å². The fraction of sp³-hybridized carbons (Fsp3) is 0.500. The van der Waals surface area contributed by atoms with E-state index in [1.807, 2.05) is 5.32 Å². The summed E-state index contributed by atoms with van der Waals surface area (Å²) >= 11 is 0. The summed E-state index contributed by atoms with van der Waals surface area (Å²) in [6.07, 6.45) is -0.729. The predicted octanol–water partition coefficient (Wildman–Crippen LogP) is -2.04. The first-order valence-electron chi connectivity index (χ1n) is 2.70. The zero-order valence-corrected chi connectivity index (χ0v) is 5.42. The number of nitrogens with zero attached hydrogens (tertiary/aromatic N) is 1. The quantitative estimate of drug-likeness (QED) is 0.225. The van der Waals surface area contributed by atoms with Gasteiger partial charge >= 0.3 is 6.03 Å². The van der Waals surface area contributed by atoms with Gasteiger partial charge in [0.2, 0.25) is 0 Å². The van der Waals surface area contributed by atoms with Gasteiger partial charge in [-0.3, -0.25) is 16.0 Å². The average Bonchev–Trinajstić information content (AvgIpc) is 2.10. The summed E-state index contributed by atoms with van der Waals surface area (Å²) in [4.78, 5) is 21.2. The van der Waals surface area contributed by atoms with E-state index in [9.17, 15) is 9.59 Å². The fourth-order valence-corrected chi connectivity index (χ4v) is 0.693. The third-order valence-corrected chi connectivity index (χ3v) is 1.16. The van der Waals surface area contributed by atoms with Gasteiger partial charge < -0.3 is 5.32 Å². The van der Waals surface area contributed by atoms with Crippen LogP contribution >= 0.6 is 0 Å². The molecule has 0 spiro atoms. The van der Waals surface area contributed by atoms with Crippen LogP contribution < -0.4 is 16.5 Å². The number of carbonyl (C=O) groups is 2. The maximum atomic E-state index is 10.7. The van der Waals surface area contributed by atoms with Gasteiger partial charge in [-0.2, -0.15) is 0 Å². The van der Waals surface area contributed by atoms with E-state index in [2.05, 4.69) is 5.32 Å². The molecule has 3 amide bonds. The van der Waals surface area contributed by atoms with Gasteiger partial charge in [-0.05, 0) is 0 Å². The van der Waals surface area contributed by atoms with E-state index in [1.165, 1.54) is 7.05 Å². The Kier molecular flexibility index (Phi) is 1.56. The first kappa shape index (κ1) is 6.97. The summed E-state index contributed by atoms with van der Waals surface area (Å²) in [6, 6.07) is -0.507. The van der Waals surface area contributed by atoms with Crippen LogP contribution in [0.5, 0.6) is 0 Å². The van der Waals surface area contributed by atoms with Crippen LogP contribution in [0.4, 0.5) is 4.79 Å². The molecule has 0 aromatic heterocycles. The van der Waals surface area contributed by atoms with Gasteiger partial charge in [-0.25, -0.2) is 9.80 Å². The Morgan fingerprint density at radius 3 is 2.40 bits per heavy atom. The number of hydrogen-bond acceptors (Lipinski definition) is 4. The molecule has 1 aliphatic heterocycles. The van der Waals surface area contributed by atoms with Crippen LogP contribution in [0.25, 0.3) is 0 Å². The largest absolute Gasteiger partial charge is 0.323 e. The minimum atomic E-state index is -0.729. The van der Waals surface area contributed by atoms with Crippen molar-refractivity contribution < 1.29 is 9.59 Å². The van der Waals surface area contributed by atoms with Crippen molar-refractivity contribution in [3.8, 4) is 0 Å². The van der Waals surface area contributed by atoms with E-state index < -0.39 is 18.1 Å². The molecule has 0 radical (unpaired) electrons. The van der Waals surface area contributed by atoms with E-state index in [-0.39, 0.29) is 0 Å². The number of imide groups is 1. The highest BCUT2D eigenvalue weighted by molar-refractivity contribution is 6.03. The van der Waals surface area contributed by atoms with Gasteiger partial charge in [0.1, 0.15) is 0 Å². The molecule has 6 nitrogen and oxygen atoms in total. The number of urea groups is 1. The summed E-state index contributed by atoms with van der Waals surface area (Å²) in [5.41, 5.74) is 0. The van der Waals surface area contributed by atoms with Crippen molar-refractivity contribution in [1.82, 2.24) is 15.6 Å². The summed E-state index contributed by atoms with van der Waals surface area (Å²) in [7, 11) is 1.50. The second-order valence-electron chi connectivity index (χ2n) is 2.03. The molecule has 0 bridgehead atoms. The van der Waals surface area contributed by atoms with Crippen LogP contribution in [0.3, 0.4) is 0 Å². The van der Waals surface area contributed by atoms with Crippen molar-refractivity contribution in [2.24, 2.45) is 5.84 Å². The molecule has 1 fully saturated rings. The molecule has 10 heavy (non-hydrogen) atoms. The molecule has 0 aromatic rings. The lowest BCUT2D eigenvalue weighted by atomic mass is 10.5. The molecule has 1 aliphatic rings. The van der Waals surface area contributed by atoms with Crippen LogP contribution in [0.2, 0.25) is 0 Å². The average molecular weight is 144 g/mol. The Hall–Kier alpha value is -1.14. The van der Waals surface area contributed by atoms with Crippen molar-refractivity contribution in [3.05, 3.63) is 0 Å². The Labute approximate surface area is 57.3 Å². The number of likely N-dealkylation sites (N-methyl/N-ethyl adjacent to an activating group) is 1. The van der Waals surface area contributed by atoms with Gasteiger partial charge in [0.25, 0.3) is 5.91 Å². The molecule has 56 valence electrons. The Morgan fingerprint density at radius 1 is 1.60 bits per heavy atom. The van der Waals surface area contributed by atoms with Crippen molar-refractivity contribution >= 4 is 11.9 Å². The number of rotatable bonds is 1. The van der Waals surface area contributed by atoms with E-state index in [0.717, 1.165) is 5.01 Å². The monoisotopic (exact) mass is 144 g/mol. The molecule has 1 saturated heterocycles. The number of hydrogen-bond donors (Lipinski definition) is 3. The van der Waals surface area contributed by atoms with Gasteiger partial charge in [0, 0.05) is 7.05 Å². The molecule has 1 unspecified atom stereocenters. The lowest BCUT2D eigenvalue weighted by Crippen LogP contribution is -2.48. The highest BCUT2D eigenvalue weighted by Gasteiger charge is 2.31. The maximum Gasteiger partial charge on any atom is 0.323 e. The zero-order chi connectivity index (χ0) is 7.72. The summed E-state index contributed by atoms with van der Waals surface area (Å²) in [6.45, 7) is 0. The van der Waals surface area contributed by atoms with Crippen LogP contribution in [0.15, 0.2) is 0 Å². The van der Waals surface area contributed by atoms with Gasteiger partial charge in [0.05, 0.1) is 0 Å². The molecule has 1 rings (SSSR count). The first-order chi connectivity index (χ1) is 4.61. The summed E-state index contributed by atoms with van der Waals surface area (Å²) < 4.78 is 0. The summed E-state index contributed by atoms with van der Waals surface area (Å²) in [5.74, 6) is 4.79. The molecular formula is C4H8N4O2. The third kappa shape index (κ3) is 1.07. The van der Waals surface area contributed by atoms with Crippen molar-refractivity contribution in [2.75, 3.05) is 7.05 Å². The molecule has 0 saturated carbocycles. The van der Waals surface area contributed by atoms with E-state index in [1.54, 1.807) is 0 Å². The molecule has 6 heteroatoms. The standard InChI is InChI=1S/C4H8N4O2/c1-8(5)2-3(9)7-4(10)6-2/h2H,5H2,1H3,(H2,6,7,9,10). The number of nitrogens with two attached hydrogens (primary N) is 1. The molecule has 4 N–H and O–H groups in total. The SMILES string of the molecule is CN(N)C1NC(=O)NC1=O. The Morgan fingerprint density at radius 2 is 2.20 bits per heavy atom. The molecule has 1 atom stereocenters. The highest BCUT2D eigenvalue weighted by Crippen LogP contribution is 1.92.